The SMILES string of the molecule is COC(=O)c1[nH]c2cc(C)ccc2c1NC(=O)C[NH+](C)CC(OC)OC. The maximum atomic E-state index is 12.5. The van der Waals surface area contributed by atoms with E-state index >= 15 is 0 Å². The third-order valence-corrected chi connectivity index (χ3v) is 4.11. The predicted molar refractivity (Wildman–Crippen MR) is 97.4 cm³/mol. The minimum atomic E-state index is -0.534. The number of esters is 1. The quantitative estimate of drug-likeness (QED) is 0.464. The molecule has 142 valence electrons. The molecule has 0 spiro atoms. The number of hydrogen-bond donors (Lipinski definition) is 3. The van der Waals surface area contributed by atoms with Crippen LogP contribution in [0.1, 0.15) is 16.1 Å². The zero-order valence-electron chi connectivity index (χ0n) is 15.8. The van der Waals surface area contributed by atoms with E-state index in [-0.39, 0.29) is 24.4 Å². The third kappa shape index (κ3) is 4.60. The van der Waals surface area contributed by atoms with Gasteiger partial charge in [0.1, 0.15) is 12.2 Å². The molecule has 26 heavy (non-hydrogen) atoms. The van der Waals surface area contributed by atoms with Gasteiger partial charge in [-0.1, -0.05) is 12.1 Å². The average molecular weight is 364 g/mol. The van der Waals surface area contributed by atoms with Crippen molar-refractivity contribution in [1.29, 1.82) is 0 Å². The van der Waals surface area contributed by atoms with Gasteiger partial charge in [-0.3, -0.25) is 4.79 Å². The first kappa shape index (κ1) is 19.9. The van der Waals surface area contributed by atoms with Crippen LogP contribution in [-0.2, 0) is 19.0 Å². The van der Waals surface area contributed by atoms with E-state index in [9.17, 15) is 9.59 Å². The number of quaternary nitrogens is 1. The van der Waals surface area contributed by atoms with Crippen LogP contribution in [0.5, 0.6) is 0 Å². The second kappa shape index (κ2) is 8.79. The number of amides is 1. The van der Waals surface area contributed by atoms with Crippen LogP contribution in [0.15, 0.2) is 18.2 Å². The van der Waals surface area contributed by atoms with Crippen molar-refractivity contribution in [2.75, 3.05) is 46.8 Å². The number of H-pyrrole nitrogens is 1. The summed E-state index contributed by atoms with van der Waals surface area (Å²) in [5.74, 6) is -0.756. The lowest BCUT2D eigenvalue weighted by Gasteiger charge is -2.19. The van der Waals surface area contributed by atoms with Crippen LogP contribution in [0.2, 0.25) is 0 Å². The standard InChI is InChI=1S/C18H25N3O5/c1-11-6-7-12-13(8-11)19-17(18(23)26-5)16(12)20-14(22)9-21(2)10-15(24-3)25-4/h6-8,15,19H,9-10H2,1-5H3,(H,20,22)/p+1. The summed E-state index contributed by atoms with van der Waals surface area (Å²) < 4.78 is 15.1. The Morgan fingerprint density at radius 1 is 1.23 bits per heavy atom. The van der Waals surface area contributed by atoms with Gasteiger partial charge in [0.25, 0.3) is 5.91 Å². The molecule has 2 aromatic rings. The molecule has 1 aromatic heterocycles. The maximum absolute atomic E-state index is 12.5. The first-order valence-electron chi connectivity index (χ1n) is 8.27. The Kier molecular flexibility index (Phi) is 6.73. The van der Waals surface area contributed by atoms with E-state index in [2.05, 4.69) is 10.3 Å². The first-order valence-corrected chi connectivity index (χ1v) is 8.27. The third-order valence-electron chi connectivity index (χ3n) is 4.11. The molecular formula is C18H26N3O5+. The van der Waals surface area contributed by atoms with E-state index in [4.69, 9.17) is 14.2 Å². The van der Waals surface area contributed by atoms with Crippen LogP contribution in [0.25, 0.3) is 10.9 Å². The van der Waals surface area contributed by atoms with Crippen LogP contribution in [-0.4, -0.2) is 64.6 Å². The fourth-order valence-electron chi connectivity index (χ4n) is 2.77. The fraction of sp³-hybridized carbons (Fsp3) is 0.444. The van der Waals surface area contributed by atoms with Gasteiger partial charge in [0.05, 0.1) is 19.8 Å². The molecular weight excluding hydrogens is 338 g/mol. The highest BCUT2D eigenvalue weighted by Crippen LogP contribution is 2.29. The molecule has 8 heteroatoms. The number of carbonyl (C=O) groups excluding carboxylic acids is 2. The second-order valence-corrected chi connectivity index (χ2v) is 6.20. The zero-order chi connectivity index (χ0) is 19.3. The normalized spacial score (nSPS) is 12.4. The van der Waals surface area contributed by atoms with Gasteiger partial charge >= 0.3 is 5.97 Å². The number of benzene rings is 1. The lowest BCUT2D eigenvalue weighted by molar-refractivity contribution is -0.877. The van der Waals surface area contributed by atoms with E-state index in [0.29, 0.717) is 12.2 Å². The number of aromatic amines is 1. The average Bonchev–Trinajstić information content (AvgIpc) is 2.96. The highest BCUT2D eigenvalue weighted by molar-refractivity contribution is 6.11. The summed E-state index contributed by atoms with van der Waals surface area (Å²) >= 11 is 0. The zero-order valence-corrected chi connectivity index (χ0v) is 15.8. The topological polar surface area (TPSA) is 94.1 Å². The number of methoxy groups -OCH3 is 3. The molecule has 0 saturated heterocycles. The van der Waals surface area contributed by atoms with E-state index in [1.54, 1.807) is 14.2 Å². The molecule has 2 rings (SSSR count). The Balaban J connectivity index is 2.20. The Labute approximate surface area is 152 Å². The lowest BCUT2D eigenvalue weighted by Crippen LogP contribution is -3.11. The van der Waals surface area contributed by atoms with Crippen molar-refractivity contribution in [1.82, 2.24) is 4.98 Å². The summed E-state index contributed by atoms with van der Waals surface area (Å²) in [6.07, 6.45) is -0.385. The molecule has 0 saturated carbocycles. The number of fused-ring (bicyclic) bond motifs is 1. The van der Waals surface area contributed by atoms with Crippen molar-refractivity contribution >= 4 is 28.5 Å². The largest absolute Gasteiger partial charge is 0.464 e. The maximum Gasteiger partial charge on any atom is 0.356 e. The molecule has 1 amide bonds. The van der Waals surface area contributed by atoms with Crippen molar-refractivity contribution in [3.63, 3.8) is 0 Å². The van der Waals surface area contributed by atoms with E-state index in [0.717, 1.165) is 21.4 Å². The summed E-state index contributed by atoms with van der Waals surface area (Å²) in [5, 5.41) is 3.59. The van der Waals surface area contributed by atoms with Gasteiger partial charge in [-0.25, -0.2) is 4.79 Å². The molecule has 0 aliphatic carbocycles. The molecule has 8 nitrogen and oxygen atoms in total. The molecule has 0 radical (unpaired) electrons. The number of anilines is 1. The number of aryl methyl sites for hydroxylation is 1. The van der Waals surface area contributed by atoms with Gasteiger partial charge in [-0.05, 0) is 18.6 Å². The van der Waals surface area contributed by atoms with Crippen molar-refractivity contribution in [2.24, 2.45) is 0 Å². The Morgan fingerprint density at radius 3 is 2.54 bits per heavy atom. The van der Waals surface area contributed by atoms with Crippen LogP contribution in [0.4, 0.5) is 5.69 Å². The number of rotatable bonds is 8. The second-order valence-electron chi connectivity index (χ2n) is 6.20. The number of ether oxygens (including phenoxy) is 3. The Hall–Kier alpha value is -2.42. The van der Waals surface area contributed by atoms with E-state index in [1.165, 1.54) is 7.11 Å². The van der Waals surface area contributed by atoms with Crippen molar-refractivity contribution in [3.8, 4) is 0 Å². The van der Waals surface area contributed by atoms with E-state index in [1.807, 2.05) is 32.2 Å². The molecule has 3 N–H and O–H groups in total. The van der Waals surface area contributed by atoms with Crippen LogP contribution >= 0.6 is 0 Å². The summed E-state index contributed by atoms with van der Waals surface area (Å²) in [4.78, 5) is 28.5. The lowest BCUT2D eigenvalue weighted by atomic mass is 10.1. The van der Waals surface area contributed by atoms with Gasteiger partial charge in [-0.15, -0.1) is 0 Å². The van der Waals surface area contributed by atoms with Crippen LogP contribution in [0, 0.1) is 6.92 Å². The first-order chi connectivity index (χ1) is 12.4. The number of nitrogens with one attached hydrogen (secondary N) is 3. The number of aromatic nitrogens is 1. The fourth-order valence-corrected chi connectivity index (χ4v) is 2.77. The minimum Gasteiger partial charge on any atom is -0.464 e. The number of carbonyl (C=O) groups is 2. The number of hydrogen-bond acceptors (Lipinski definition) is 5. The predicted octanol–water partition coefficient (Wildman–Crippen LogP) is 0.335. The monoisotopic (exact) mass is 364 g/mol. The Bertz CT molecular complexity index is 782. The van der Waals surface area contributed by atoms with Crippen molar-refractivity contribution in [2.45, 2.75) is 13.2 Å². The van der Waals surface area contributed by atoms with E-state index < -0.39 is 5.97 Å². The van der Waals surface area contributed by atoms with Gasteiger partial charge in [0, 0.05) is 25.1 Å². The molecule has 0 aliphatic rings. The summed E-state index contributed by atoms with van der Waals surface area (Å²) in [6, 6.07) is 5.70. The van der Waals surface area contributed by atoms with Gasteiger partial charge in [0.2, 0.25) is 6.29 Å². The van der Waals surface area contributed by atoms with Gasteiger partial charge in [0.15, 0.2) is 6.54 Å². The van der Waals surface area contributed by atoms with Gasteiger partial charge < -0.3 is 29.4 Å². The molecule has 0 aliphatic heterocycles. The summed E-state index contributed by atoms with van der Waals surface area (Å²) in [7, 11) is 6.28. The minimum absolute atomic E-state index is 0.197. The molecule has 1 aromatic carbocycles. The van der Waals surface area contributed by atoms with Crippen LogP contribution in [0.3, 0.4) is 0 Å². The smallest absolute Gasteiger partial charge is 0.356 e. The number of likely N-dealkylation sites (N-methyl/N-ethyl adjacent to an activating group) is 1. The molecule has 0 fully saturated rings. The van der Waals surface area contributed by atoms with Crippen molar-refractivity contribution in [3.05, 3.63) is 29.5 Å². The van der Waals surface area contributed by atoms with Crippen LogP contribution < -0.4 is 10.2 Å². The van der Waals surface area contributed by atoms with Gasteiger partial charge in [-0.2, -0.15) is 0 Å². The summed E-state index contributed by atoms with van der Waals surface area (Å²) in [6.45, 7) is 2.66. The summed E-state index contributed by atoms with van der Waals surface area (Å²) in [5.41, 5.74) is 2.47. The molecule has 1 atom stereocenters. The molecule has 1 unspecified atom stereocenters. The highest BCUT2D eigenvalue weighted by Gasteiger charge is 2.22. The Morgan fingerprint density at radius 2 is 1.92 bits per heavy atom. The van der Waals surface area contributed by atoms with Crippen molar-refractivity contribution < 1.29 is 28.7 Å². The molecule has 1 heterocycles. The highest BCUT2D eigenvalue weighted by atomic mass is 16.7. The molecule has 0 bridgehead atoms.